The number of halogens is 1. The molecule has 1 aromatic heterocycles. The van der Waals surface area contributed by atoms with Crippen molar-refractivity contribution in [2.45, 2.75) is 36.8 Å². The lowest BCUT2D eigenvalue weighted by Crippen LogP contribution is -2.49. The van der Waals surface area contributed by atoms with Gasteiger partial charge in [0.15, 0.2) is 0 Å². The maximum Gasteiger partial charge on any atom is 0.230 e. The monoisotopic (exact) mass is 350 g/mol. The number of thioether (sulfide) groups is 1. The third-order valence-electron chi connectivity index (χ3n) is 4.23. The van der Waals surface area contributed by atoms with Gasteiger partial charge in [-0.25, -0.2) is 4.98 Å². The molecule has 1 saturated carbocycles. The fourth-order valence-corrected chi connectivity index (χ4v) is 3.63. The molecule has 0 atom stereocenters. The van der Waals surface area contributed by atoms with Crippen molar-refractivity contribution >= 4 is 29.3 Å². The molecule has 1 heterocycles. The van der Waals surface area contributed by atoms with Gasteiger partial charge in [0.1, 0.15) is 5.82 Å². The van der Waals surface area contributed by atoms with Gasteiger partial charge < -0.3 is 5.32 Å². The van der Waals surface area contributed by atoms with E-state index in [4.69, 9.17) is 11.6 Å². The number of rotatable bonds is 6. The van der Waals surface area contributed by atoms with Crippen LogP contribution < -0.4 is 5.32 Å². The predicted octanol–water partition coefficient (Wildman–Crippen LogP) is 3.10. The van der Waals surface area contributed by atoms with Gasteiger partial charge in [0.05, 0.1) is 5.41 Å². The third-order valence-corrected chi connectivity index (χ3v) is 5.34. The maximum absolute atomic E-state index is 12.7. The van der Waals surface area contributed by atoms with E-state index in [1.165, 1.54) is 11.8 Å². The molecular formula is C16H19ClN4OS. The molecule has 0 saturated heterocycles. The summed E-state index contributed by atoms with van der Waals surface area (Å²) >= 11 is 7.48. The minimum atomic E-state index is -0.379. The van der Waals surface area contributed by atoms with Gasteiger partial charge in [0, 0.05) is 17.3 Å². The minimum absolute atomic E-state index is 0.109. The van der Waals surface area contributed by atoms with Crippen LogP contribution in [0.4, 0.5) is 0 Å². The average Bonchev–Trinajstić information content (AvgIpc) is 2.90. The summed E-state index contributed by atoms with van der Waals surface area (Å²) in [7, 11) is 0. The van der Waals surface area contributed by atoms with E-state index in [2.05, 4.69) is 20.5 Å². The zero-order valence-corrected chi connectivity index (χ0v) is 14.5. The van der Waals surface area contributed by atoms with Crippen molar-refractivity contribution in [2.75, 3.05) is 12.3 Å². The fourth-order valence-electron chi connectivity index (χ4n) is 2.81. The molecule has 3 rings (SSSR count). The van der Waals surface area contributed by atoms with Gasteiger partial charge in [-0.2, -0.15) is 0 Å². The van der Waals surface area contributed by atoms with Crippen LogP contribution in [0.15, 0.2) is 29.4 Å². The second-order valence-corrected chi connectivity index (χ2v) is 7.25. The van der Waals surface area contributed by atoms with Crippen LogP contribution in [0.2, 0.25) is 5.02 Å². The highest BCUT2D eigenvalue weighted by molar-refractivity contribution is 7.99. The second kappa shape index (κ2) is 6.93. The number of carbonyl (C=O) groups is 1. The SMILES string of the molecule is Cc1nc(SCCNC(=O)C2(c3ccc(Cl)cc3)CCC2)n[nH]1. The molecule has 0 radical (unpaired) electrons. The summed E-state index contributed by atoms with van der Waals surface area (Å²) in [6.45, 7) is 2.47. The summed E-state index contributed by atoms with van der Waals surface area (Å²) in [6.07, 6.45) is 2.88. The Balaban J connectivity index is 1.54. The van der Waals surface area contributed by atoms with Crippen molar-refractivity contribution < 1.29 is 4.79 Å². The average molecular weight is 351 g/mol. The van der Waals surface area contributed by atoms with E-state index in [9.17, 15) is 4.79 Å². The number of aromatic amines is 1. The summed E-state index contributed by atoms with van der Waals surface area (Å²) in [5.41, 5.74) is 0.680. The molecule has 23 heavy (non-hydrogen) atoms. The van der Waals surface area contributed by atoms with Crippen molar-refractivity contribution in [3.05, 3.63) is 40.7 Å². The Morgan fingerprint density at radius 3 is 2.70 bits per heavy atom. The number of hydrogen-bond donors (Lipinski definition) is 2. The Morgan fingerprint density at radius 2 is 2.13 bits per heavy atom. The van der Waals surface area contributed by atoms with E-state index in [1.807, 2.05) is 31.2 Å². The molecule has 0 unspecified atom stereocenters. The molecule has 1 fully saturated rings. The van der Waals surface area contributed by atoms with Crippen molar-refractivity contribution in [1.82, 2.24) is 20.5 Å². The number of aryl methyl sites for hydroxylation is 1. The topological polar surface area (TPSA) is 70.7 Å². The van der Waals surface area contributed by atoms with E-state index in [1.54, 1.807) is 0 Å². The quantitative estimate of drug-likeness (QED) is 0.620. The maximum atomic E-state index is 12.7. The first-order chi connectivity index (χ1) is 11.1. The molecule has 7 heteroatoms. The molecule has 0 aliphatic heterocycles. The van der Waals surface area contributed by atoms with Crippen molar-refractivity contribution in [1.29, 1.82) is 0 Å². The highest BCUT2D eigenvalue weighted by atomic mass is 35.5. The zero-order valence-electron chi connectivity index (χ0n) is 12.9. The van der Waals surface area contributed by atoms with Crippen molar-refractivity contribution in [3.63, 3.8) is 0 Å². The van der Waals surface area contributed by atoms with E-state index >= 15 is 0 Å². The molecule has 1 aliphatic rings. The molecular weight excluding hydrogens is 332 g/mol. The number of carbonyl (C=O) groups excluding carboxylic acids is 1. The predicted molar refractivity (Wildman–Crippen MR) is 91.8 cm³/mol. The third kappa shape index (κ3) is 3.53. The summed E-state index contributed by atoms with van der Waals surface area (Å²) in [4.78, 5) is 16.9. The summed E-state index contributed by atoms with van der Waals surface area (Å²) in [5, 5.41) is 11.3. The summed E-state index contributed by atoms with van der Waals surface area (Å²) in [6, 6.07) is 7.63. The largest absolute Gasteiger partial charge is 0.354 e. The van der Waals surface area contributed by atoms with E-state index in [0.29, 0.717) is 16.7 Å². The van der Waals surface area contributed by atoms with Crippen LogP contribution in [0, 0.1) is 6.92 Å². The lowest BCUT2D eigenvalue weighted by Gasteiger charge is -2.40. The number of hydrogen-bond acceptors (Lipinski definition) is 4. The summed E-state index contributed by atoms with van der Waals surface area (Å²) in [5.74, 6) is 1.66. The molecule has 1 aromatic carbocycles. The first-order valence-corrected chi connectivity index (χ1v) is 9.03. The number of nitrogens with one attached hydrogen (secondary N) is 2. The van der Waals surface area contributed by atoms with Crippen LogP contribution in [0.5, 0.6) is 0 Å². The molecule has 122 valence electrons. The first-order valence-electron chi connectivity index (χ1n) is 7.66. The Kier molecular flexibility index (Phi) is 4.92. The van der Waals surface area contributed by atoms with E-state index < -0.39 is 0 Å². The molecule has 1 amide bonds. The van der Waals surface area contributed by atoms with Gasteiger partial charge in [-0.15, -0.1) is 5.10 Å². The van der Waals surface area contributed by atoms with Gasteiger partial charge in [-0.1, -0.05) is 41.9 Å². The Morgan fingerprint density at radius 1 is 1.39 bits per heavy atom. The van der Waals surface area contributed by atoms with E-state index in [-0.39, 0.29) is 11.3 Å². The van der Waals surface area contributed by atoms with E-state index in [0.717, 1.165) is 36.4 Å². The highest BCUT2D eigenvalue weighted by Gasteiger charge is 2.45. The van der Waals surface area contributed by atoms with Gasteiger partial charge in [-0.05, 0) is 37.5 Å². The smallest absolute Gasteiger partial charge is 0.230 e. The summed E-state index contributed by atoms with van der Waals surface area (Å²) < 4.78 is 0. The molecule has 5 nitrogen and oxygen atoms in total. The van der Waals surface area contributed by atoms with Crippen molar-refractivity contribution in [3.8, 4) is 0 Å². The fraction of sp³-hybridized carbons (Fsp3) is 0.438. The van der Waals surface area contributed by atoms with Gasteiger partial charge in [-0.3, -0.25) is 9.89 Å². The molecule has 0 spiro atoms. The molecule has 1 aliphatic carbocycles. The van der Waals surface area contributed by atoms with Crippen LogP contribution in [0.25, 0.3) is 0 Å². The number of amides is 1. The first kappa shape index (κ1) is 16.3. The van der Waals surface area contributed by atoms with Crippen LogP contribution in [0.3, 0.4) is 0 Å². The number of benzene rings is 1. The lowest BCUT2D eigenvalue weighted by atomic mass is 9.64. The standard InChI is InChI=1S/C16H19ClN4OS/c1-11-19-15(21-20-11)23-10-9-18-14(22)16(7-2-8-16)12-3-5-13(17)6-4-12/h3-6H,2,7-10H2,1H3,(H,18,22)(H,19,20,21). The Bertz CT molecular complexity index is 682. The second-order valence-electron chi connectivity index (χ2n) is 5.75. The molecule has 0 bridgehead atoms. The minimum Gasteiger partial charge on any atom is -0.354 e. The molecule has 2 aromatic rings. The number of nitrogens with zero attached hydrogens (tertiary/aromatic N) is 2. The van der Waals surface area contributed by atoms with Gasteiger partial charge in [0.25, 0.3) is 0 Å². The number of aromatic nitrogens is 3. The van der Waals surface area contributed by atoms with Gasteiger partial charge >= 0.3 is 0 Å². The van der Waals surface area contributed by atoms with Crippen LogP contribution in [-0.4, -0.2) is 33.4 Å². The normalized spacial score (nSPS) is 15.9. The Hall–Kier alpha value is -1.53. The van der Waals surface area contributed by atoms with Crippen molar-refractivity contribution in [2.24, 2.45) is 0 Å². The highest BCUT2D eigenvalue weighted by Crippen LogP contribution is 2.44. The molecule has 2 N–H and O–H groups in total. The van der Waals surface area contributed by atoms with Crippen LogP contribution >= 0.6 is 23.4 Å². The lowest BCUT2D eigenvalue weighted by molar-refractivity contribution is -0.129. The van der Waals surface area contributed by atoms with Crippen LogP contribution in [-0.2, 0) is 10.2 Å². The zero-order chi connectivity index (χ0) is 16.3. The Labute approximate surface area is 144 Å². The van der Waals surface area contributed by atoms with Crippen LogP contribution in [0.1, 0.15) is 30.7 Å². The number of H-pyrrole nitrogens is 1. The van der Waals surface area contributed by atoms with Gasteiger partial charge in [0.2, 0.25) is 11.1 Å².